The van der Waals surface area contributed by atoms with Crippen LogP contribution in [0.15, 0.2) is 292 Å². The van der Waals surface area contributed by atoms with Crippen LogP contribution in [0.4, 0.5) is 17.6 Å². The third kappa shape index (κ3) is 18.3. The fourth-order valence-electron chi connectivity index (χ4n) is 25.7. The molecule has 12 unspecified atom stereocenters. The monoisotopic (exact) mass is 1890 g/mol. The minimum absolute atomic E-state index is 0. The highest BCUT2D eigenvalue weighted by Crippen LogP contribution is 2.57. The lowest BCUT2D eigenvalue weighted by molar-refractivity contribution is 0.0159. The Morgan fingerprint density at radius 2 is 0.729 bits per heavy atom. The molecule has 3 fully saturated rings. The van der Waals surface area contributed by atoms with Crippen molar-refractivity contribution >= 4 is 66.4 Å². The lowest BCUT2D eigenvalue weighted by Crippen LogP contribution is -2.38. The van der Waals surface area contributed by atoms with E-state index in [1.54, 1.807) is 42.6 Å². The van der Waals surface area contributed by atoms with E-state index in [1.807, 2.05) is 32.3 Å². The van der Waals surface area contributed by atoms with Gasteiger partial charge in [-0.25, -0.2) is 17.6 Å². The molecule has 140 heavy (non-hydrogen) atoms. The lowest BCUT2D eigenvalue weighted by atomic mass is 9.89. The molecule has 0 radical (unpaired) electrons. The fraction of sp³-hybridized carbons (Fsp3) is 0.317. The maximum Gasteiger partial charge on any atom is 0.135 e. The average molecular weight is 1890 g/mol. The van der Waals surface area contributed by atoms with Crippen molar-refractivity contribution in [1.82, 2.24) is 50.6 Å². The molecule has 4 aromatic heterocycles. The topological polar surface area (TPSA) is 127 Å². The summed E-state index contributed by atoms with van der Waals surface area (Å²) in [5.74, 6) is 1.57. The predicted octanol–water partition coefficient (Wildman–Crippen LogP) is 28.8. The van der Waals surface area contributed by atoms with Crippen LogP contribution in [-0.4, -0.2) is 115 Å². The Labute approximate surface area is 826 Å². The van der Waals surface area contributed by atoms with Gasteiger partial charge in [0.2, 0.25) is 0 Å². The molecule has 0 spiro atoms. The first kappa shape index (κ1) is 95.4. The number of aromatic nitrogens is 4. The van der Waals surface area contributed by atoms with Crippen molar-refractivity contribution in [3.63, 3.8) is 0 Å². The number of aromatic amines is 4. The minimum Gasteiger partial charge on any atom is -0.497 e. The molecule has 0 bridgehead atoms. The van der Waals surface area contributed by atoms with Crippen LogP contribution in [0, 0.1) is 23.3 Å². The molecule has 3 saturated heterocycles. The van der Waals surface area contributed by atoms with Crippen LogP contribution >= 0.6 is 11.6 Å². The molecule has 0 saturated carbocycles. The smallest absolute Gasteiger partial charge is 0.135 e. The van der Waals surface area contributed by atoms with Gasteiger partial charge in [0.25, 0.3) is 0 Å². The van der Waals surface area contributed by atoms with Crippen LogP contribution in [0.1, 0.15) is 269 Å². The predicted molar refractivity (Wildman–Crippen MR) is 566 cm³/mol. The molecule has 27 rings (SSSR count). The first-order valence-corrected chi connectivity index (χ1v) is 50.5. The van der Waals surface area contributed by atoms with Crippen molar-refractivity contribution in [3.8, 4) is 5.75 Å². The second-order valence-corrected chi connectivity index (χ2v) is 39.7. The lowest BCUT2D eigenvalue weighted by Gasteiger charge is -2.33. The number of likely N-dealkylation sites (tertiary alicyclic amines) is 2. The summed E-state index contributed by atoms with van der Waals surface area (Å²) < 4.78 is 65.7. The number of nitrogens with zero attached hydrogens (tertiary/aromatic N) is 3. The average Bonchev–Trinajstić information content (AvgIpc) is 1.63. The highest BCUT2D eigenvalue weighted by atomic mass is 35.5. The molecule has 12 aromatic carbocycles. The number of ether oxygens (including phenoxy) is 2. The first-order chi connectivity index (χ1) is 67.8. The Hall–Kier alpha value is -12.2. The fourth-order valence-corrected chi connectivity index (χ4v) is 26.0. The zero-order valence-electron chi connectivity index (χ0n) is 79.0. The third-order valence-corrected chi connectivity index (χ3v) is 32.5. The van der Waals surface area contributed by atoms with E-state index in [4.69, 9.17) is 21.1 Å². The van der Waals surface area contributed by atoms with Crippen molar-refractivity contribution in [1.29, 1.82) is 0 Å². The van der Waals surface area contributed by atoms with Crippen LogP contribution in [0.2, 0.25) is 5.02 Å². The highest BCUT2D eigenvalue weighted by Gasteiger charge is 2.43. The summed E-state index contributed by atoms with van der Waals surface area (Å²) in [5.41, 5.74) is 33.7. The second kappa shape index (κ2) is 41.9. The van der Waals surface area contributed by atoms with Crippen molar-refractivity contribution in [2.24, 2.45) is 0 Å². The molecule has 0 amide bonds. The Balaban J connectivity index is 0.000000103. The molecule has 11 aliphatic rings. The van der Waals surface area contributed by atoms with Crippen molar-refractivity contribution in [3.05, 3.63) is 431 Å². The second-order valence-electron chi connectivity index (χ2n) is 39.3. The maximum atomic E-state index is 14.3. The van der Waals surface area contributed by atoms with Gasteiger partial charge in [0, 0.05) is 164 Å². The van der Waals surface area contributed by atoms with Crippen LogP contribution in [0.3, 0.4) is 0 Å². The molecule has 7 heterocycles. The summed E-state index contributed by atoms with van der Waals surface area (Å²) in [4.78, 5) is 21.4. The number of hydrogen-bond donors (Lipinski definition) is 7. The number of halogens is 5. The van der Waals surface area contributed by atoms with Gasteiger partial charge in [0.05, 0.1) is 25.8 Å². The van der Waals surface area contributed by atoms with Crippen molar-refractivity contribution < 1.29 is 27.0 Å². The number of rotatable bonds is 13. The maximum absolute atomic E-state index is 14.3. The molecule has 16 aromatic rings. The number of fused-ring (bicyclic) bond motifs is 12. The van der Waals surface area contributed by atoms with Gasteiger partial charge in [-0.3, -0.25) is 14.7 Å². The Bertz CT molecular complexity index is 7040. The summed E-state index contributed by atoms with van der Waals surface area (Å²) in [6, 6.07) is 89.2. The van der Waals surface area contributed by atoms with Crippen LogP contribution < -0.4 is 20.7 Å². The number of para-hydroxylation sites is 3. The van der Waals surface area contributed by atoms with E-state index in [0.717, 1.165) is 91.1 Å². The molecule has 12 nitrogen and oxygen atoms in total. The molecular formula is C123H129ClF4N10O2. The van der Waals surface area contributed by atoms with Gasteiger partial charge < -0.3 is 45.4 Å². The summed E-state index contributed by atoms with van der Waals surface area (Å²) in [5, 5.41) is 15.3. The Kier molecular flexibility index (Phi) is 28.6. The van der Waals surface area contributed by atoms with Gasteiger partial charge in [0.15, 0.2) is 0 Å². The van der Waals surface area contributed by atoms with E-state index in [-0.39, 0.29) is 50.4 Å². The zero-order chi connectivity index (χ0) is 93.6. The van der Waals surface area contributed by atoms with Crippen LogP contribution in [0.5, 0.6) is 5.75 Å². The number of morpholine rings is 1. The summed E-state index contributed by atoms with van der Waals surface area (Å²) >= 11 is 6.45. The quantitative estimate of drug-likeness (QED) is 0.0569. The van der Waals surface area contributed by atoms with Gasteiger partial charge in [-0.1, -0.05) is 227 Å². The molecule has 7 N–H and O–H groups in total. The zero-order valence-corrected chi connectivity index (χ0v) is 79.8. The molecule has 3 aliphatic heterocycles. The molecule has 17 heteroatoms. The van der Waals surface area contributed by atoms with Gasteiger partial charge >= 0.3 is 0 Å². The number of allylic oxidation sites excluding steroid dienone is 4. The van der Waals surface area contributed by atoms with Crippen LogP contribution in [-0.2, 0) is 17.6 Å². The number of nitrogens with one attached hydrogen (secondary N) is 7. The summed E-state index contributed by atoms with van der Waals surface area (Å²) in [7, 11) is 7.56. The molecule has 12 atom stereocenters. The van der Waals surface area contributed by atoms with Crippen molar-refractivity contribution in [2.45, 2.75) is 170 Å². The number of piperidine rings is 1. The van der Waals surface area contributed by atoms with E-state index in [2.05, 4.69) is 282 Å². The van der Waals surface area contributed by atoms with E-state index in [9.17, 15) is 17.6 Å². The number of hydrogen-bond acceptors (Lipinski definition) is 8. The highest BCUT2D eigenvalue weighted by molar-refractivity contribution is 6.32. The van der Waals surface area contributed by atoms with Gasteiger partial charge in [-0.15, -0.1) is 0 Å². The minimum atomic E-state index is -0.606. The largest absolute Gasteiger partial charge is 0.497 e. The Morgan fingerprint density at radius 1 is 0.336 bits per heavy atom. The van der Waals surface area contributed by atoms with E-state index >= 15 is 0 Å². The van der Waals surface area contributed by atoms with E-state index < -0.39 is 11.6 Å². The normalized spacial score (nSPS) is 22.7. The number of methoxy groups -OCH3 is 1. The first-order valence-electron chi connectivity index (χ1n) is 50.1. The molecule has 8 aliphatic carbocycles. The summed E-state index contributed by atoms with van der Waals surface area (Å²) in [6.07, 6.45) is 28.3. The number of benzene rings is 12. The number of H-pyrrole nitrogens is 4. The van der Waals surface area contributed by atoms with Gasteiger partial charge in [-0.2, -0.15) is 0 Å². The standard InChI is InChI=1S/C22H24N2.C21H22N2O.C21H22N2.C20H21NO.C19H17ClFN.C18H15F3N2.2CH4/c1-6-12-24(13-7-1)22-14-19(16-8-2-3-10-18(16)22)20-15-23-21-11-5-4-9-17(20)21;1-2-7-17-15(5-1)18(13-21(17)23-9-11-24-12-10-23)19-14-22-20-8-4-3-6-16(19)20;1-2-9-17-15(7-1)18(13-21(17)23-11-5-6-12-23)19-14-22-20-10-4-3-8-16(19)20;1-21-20-12-19(16-5-3-4-6-18(16)20)17-9-7-13-11-14(22-2)8-10-15(13)17;1-22-18-10-15(13-8-6-12(21)9-16(13)18)14-7-5-11-3-2-4-17(20)19(11)14;1-22-16-7-12(11-3-2-9(19)4-13(11)16)14-8-23-17-6-10(20)5-15(21)18(14)17;;/h2-5,8-11,15,19,22-23H,1,6-7,12-14H2;1-8,14,18,21-22H,9-13H2;1-4,7-10,14,18,21-22H,5-6,11-13H2;3-6,8-11,19-21H,7,12H2,1-2H3;2-4,6-9,15,18,22H,5,10H2,1H3;2-6,8,12,16,22-23H,7H2,1H3;2*1H4. The van der Waals surface area contributed by atoms with E-state index in [1.165, 1.54) is 217 Å². The third-order valence-electron chi connectivity index (χ3n) is 32.2. The van der Waals surface area contributed by atoms with Crippen molar-refractivity contribution in [2.75, 3.05) is 80.7 Å². The Morgan fingerprint density at radius 3 is 1.23 bits per heavy atom. The van der Waals surface area contributed by atoms with E-state index in [0.29, 0.717) is 65.2 Å². The molecule has 718 valence electrons. The SMILES string of the molecule is C.C.CNC1CC(C2=CCc3cc(OC)ccc32)c2ccccc21.CNC1CC(C2=CCc3cccc(Cl)c32)c2ccc(F)cc21.CNC1CC(c2c[nH]c3cc(F)cc(F)c23)c2ccc(F)cc21.c1ccc2c(c1)C(c1c[nH]c3ccccc13)CC2N1CCCC1.c1ccc2c(c1)C(c1c[nH]c3ccccc13)CC2N1CCCCC1.c1ccc2c(c1)C(c1c[nH]c3ccccc13)CC2N1CCOCC1. The molecular weight excluding hydrogens is 1760 g/mol. The van der Waals surface area contributed by atoms with Gasteiger partial charge in [-0.05, 0) is 308 Å². The van der Waals surface area contributed by atoms with Gasteiger partial charge in [0.1, 0.15) is 29.0 Å². The van der Waals surface area contributed by atoms with Crippen LogP contribution in [0.25, 0.3) is 54.8 Å². The summed E-state index contributed by atoms with van der Waals surface area (Å²) in [6.45, 7) is 8.85.